The molecule has 0 saturated carbocycles. The van der Waals surface area contributed by atoms with Gasteiger partial charge in [0.25, 0.3) is 5.91 Å². The summed E-state index contributed by atoms with van der Waals surface area (Å²) in [5.74, 6) is 0.177. The number of rotatable bonds is 4. The van der Waals surface area contributed by atoms with Gasteiger partial charge in [-0.1, -0.05) is 0 Å². The maximum absolute atomic E-state index is 12.4. The molecule has 1 amide bonds. The van der Waals surface area contributed by atoms with Crippen LogP contribution in [0.3, 0.4) is 0 Å². The van der Waals surface area contributed by atoms with Crippen LogP contribution in [-0.4, -0.2) is 39.4 Å². The maximum Gasteiger partial charge on any atom is 0.265 e. The number of aryl methyl sites for hydroxylation is 1. The third-order valence-electron chi connectivity index (χ3n) is 2.86. The standard InChI is InChI=1S/C14H15N5OS/c1-9(7-15)8-19(3)14(20)11-10(2)18-13(21-11)12-16-5-4-6-17-12/h4-6,9H,8H2,1-3H3/t9-/m0/s1. The molecule has 2 aromatic heterocycles. The largest absolute Gasteiger partial charge is 0.340 e. The Balaban J connectivity index is 2.23. The monoisotopic (exact) mass is 301 g/mol. The molecule has 108 valence electrons. The zero-order valence-corrected chi connectivity index (χ0v) is 12.9. The summed E-state index contributed by atoms with van der Waals surface area (Å²) in [7, 11) is 1.69. The highest BCUT2D eigenvalue weighted by Crippen LogP contribution is 2.26. The molecule has 0 fully saturated rings. The van der Waals surface area contributed by atoms with Gasteiger partial charge in [-0.2, -0.15) is 5.26 Å². The summed E-state index contributed by atoms with van der Waals surface area (Å²) in [6.07, 6.45) is 3.28. The molecule has 2 heterocycles. The Kier molecular flexibility index (Phi) is 4.60. The van der Waals surface area contributed by atoms with Gasteiger partial charge in [0.2, 0.25) is 0 Å². The van der Waals surface area contributed by atoms with Gasteiger partial charge < -0.3 is 4.90 Å². The zero-order valence-electron chi connectivity index (χ0n) is 12.1. The minimum absolute atomic E-state index is 0.130. The van der Waals surface area contributed by atoms with Gasteiger partial charge in [0, 0.05) is 26.0 Å². The van der Waals surface area contributed by atoms with Crippen LogP contribution in [0.2, 0.25) is 0 Å². The van der Waals surface area contributed by atoms with Gasteiger partial charge in [0.05, 0.1) is 17.7 Å². The molecule has 1 atom stereocenters. The van der Waals surface area contributed by atoms with E-state index in [1.807, 2.05) is 0 Å². The predicted molar refractivity (Wildman–Crippen MR) is 79.6 cm³/mol. The van der Waals surface area contributed by atoms with E-state index in [1.165, 1.54) is 11.3 Å². The summed E-state index contributed by atoms with van der Waals surface area (Å²) in [4.78, 5) is 27.2. The minimum Gasteiger partial charge on any atom is -0.340 e. The number of aromatic nitrogens is 3. The summed E-state index contributed by atoms with van der Waals surface area (Å²) in [5.41, 5.74) is 0.656. The van der Waals surface area contributed by atoms with Gasteiger partial charge in [-0.3, -0.25) is 4.79 Å². The highest BCUT2D eigenvalue weighted by molar-refractivity contribution is 7.17. The first-order valence-corrected chi connectivity index (χ1v) is 7.24. The van der Waals surface area contributed by atoms with Crippen LogP contribution >= 0.6 is 11.3 Å². The molecule has 0 N–H and O–H groups in total. The highest BCUT2D eigenvalue weighted by Gasteiger charge is 2.21. The van der Waals surface area contributed by atoms with Crippen molar-refractivity contribution in [2.24, 2.45) is 5.92 Å². The molecule has 7 heteroatoms. The van der Waals surface area contributed by atoms with Crippen molar-refractivity contribution >= 4 is 17.2 Å². The smallest absolute Gasteiger partial charge is 0.265 e. The van der Waals surface area contributed by atoms with Crippen LogP contribution in [0, 0.1) is 24.2 Å². The molecule has 0 bridgehead atoms. The summed E-state index contributed by atoms with van der Waals surface area (Å²) in [6, 6.07) is 3.85. The second kappa shape index (κ2) is 6.41. The van der Waals surface area contributed by atoms with Crippen LogP contribution < -0.4 is 0 Å². The minimum atomic E-state index is -0.205. The van der Waals surface area contributed by atoms with Crippen molar-refractivity contribution in [3.8, 4) is 16.9 Å². The molecule has 2 rings (SSSR count). The SMILES string of the molecule is Cc1nc(-c2ncccn2)sc1C(=O)N(C)C[C@@H](C)C#N. The third kappa shape index (κ3) is 3.41. The van der Waals surface area contributed by atoms with E-state index >= 15 is 0 Å². The van der Waals surface area contributed by atoms with Crippen LogP contribution in [0.1, 0.15) is 22.3 Å². The second-order valence-corrected chi connectivity index (χ2v) is 5.72. The van der Waals surface area contributed by atoms with Crippen molar-refractivity contribution in [1.29, 1.82) is 5.26 Å². The lowest BCUT2D eigenvalue weighted by Gasteiger charge is -2.17. The quantitative estimate of drug-likeness (QED) is 0.864. The lowest BCUT2D eigenvalue weighted by Crippen LogP contribution is -2.30. The number of amides is 1. The van der Waals surface area contributed by atoms with Crippen molar-refractivity contribution in [3.63, 3.8) is 0 Å². The van der Waals surface area contributed by atoms with Crippen molar-refractivity contribution in [2.45, 2.75) is 13.8 Å². The number of carbonyl (C=O) groups is 1. The first-order valence-electron chi connectivity index (χ1n) is 6.42. The fourth-order valence-electron chi connectivity index (χ4n) is 1.81. The number of nitriles is 1. The van der Waals surface area contributed by atoms with Gasteiger partial charge in [0.1, 0.15) is 4.88 Å². The van der Waals surface area contributed by atoms with E-state index in [2.05, 4.69) is 21.0 Å². The Bertz CT molecular complexity index is 676. The molecule has 0 aromatic carbocycles. The molecule has 0 aliphatic carbocycles. The molecule has 0 aliphatic rings. The molecule has 6 nitrogen and oxygen atoms in total. The Hall–Kier alpha value is -2.33. The number of carbonyl (C=O) groups excluding carboxylic acids is 1. The van der Waals surface area contributed by atoms with E-state index in [4.69, 9.17) is 5.26 Å². The second-order valence-electron chi connectivity index (χ2n) is 4.72. The summed E-state index contributed by atoms with van der Waals surface area (Å²) in [5, 5.41) is 9.45. The average molecular weight is 301 g/mol. The molecule has 0 spiro atoms. The zero-order chi connectivity index (χ0) is 15.4. The van der Waals surface area contributed by atoms with Crippen LogP contribution in [0.25, 0.3) is 10.8 Å². The van der Waals surface area contributed by atoms with Crippen molar-refractivity contribution in [2.75, 3.05) is 13.6 Å². The van der Waals surface area contributed by atoms with E-state index in [1.54, 1.807) is 44.3 Å². The molecule has 2 aromatic rings. The Morgan fingerprint density at radius 1 is 1.48 bits per heavy atom. The van der Waals surface area contributed by atoms with Crippen LogP contribution in [0.4, 0.5) is 0 Å². The average Bonchev–Trinajstić information content (AvgIpc) is 2.89. The normalized spacial score (nSPS) is 11.7. The summed E-state index contributed by atoms with van der Waals surface area (Å²) in [6.45, 7) is 3.97. The topological polar surface area (TPSA) is 82.8 Å². The number of nitrogens with zero attached hydrogens (tertiary/aromatic N) is 5. The summed E-state index contributed by atoms with van der Waals surface area (Å²) >= 11 is 1.27. The van der Waals surface area contributed by atoms with E-state index in [-0.39, 0.29) is 11.8 Å². The predicted octanol–water partition coefficient (Wildman–Crippen LogP) is 2.14. The molecule has 0 unspecified atom stereocenters. The van der Waals surface area contributed by atoms with E-state index in [9.17, 15) is 4.79 Å². The van der Waals surface area contributed by atoms with Crippen molar-refractivity contribution in [1.82, 2.24) is 19.9 Å². The van der Waals surface area contributed by atoms with Crippen molar-refractivity contribution < 1.29 is 4.79 Å². The van der Waals surface area contributed by atoms with Gasteiger partial charge in [0.15, 0.2) is 10.8 Å². The fraction of sp³-hybridized carbons (Fsp3) is 0.357. The molecule has 0 radical (unpaired) electrons. The Labute approximate surface area is 127 Å². The molecule has 21 heavy (non-hydrogen) atoms. The third-order valence-corrected chi connectivity index (χ3v) is 4.00. The van der Waals surface area contributed by atoms with Crippen molar-refractivity contribution in [3.05, 3.63) is 29.0 Å². The summed E-state index contributed by atoms with van der Waals surface area (Å²) < 4.78 is 0. The van der Waals surface area contributed by atoms with Crippen LogP contribution in [0.5, 0.6) is 0 Å². The lowest BCUT2D eigenvalue weighted by molar-refractivity contribution is 0.0789. The van der Waals surface area contributed by atoms with Crippen LogP contribution in [-0.2, 0) is 0 Å². The highest BCUT2D eigenvalue weighted by atomic mass is 32.1. The molecule has 0 aliphatic heterocycles. The van der Waals surface area contributed by atoms with Gasteiger partial charge in [-0.25, -0.2) is 15.0 Å². The number of hydrogen-bond acceptors (Lipinski definition) is 6. The number of thiazole rings is 1. The fourth-order valence-corrected chi connectivity index (χ4v) is 2.82. The number of hydrogen-bond donors (Lipinski definition) is 0. The van der Waals surface area contributed by atoms with Gasteiger partial charge in [-0.15, -0.1) is 11.3 Å². The van der Waals surface area contributed by atoms with E-state index in [0.717, 1.165) is 0 Å². The first-order chi connectivity index (χ1) is 10.0. The van der Waals surface area contributed by atoms with E-state index < -0.39 is 0 Å². The molecular weight excluding hydrogens is 286 g/mol. The Morgan fingerprint density at radius 2 is 2.14 bits per heavy atom. The van der Waals surface area contributed by atoms with Gasteiger partial charge >= 0.3 is 0 Å². The first kappa shape index (κ1) is 15.1. The Morgan fingerprint density at radius 3 is 2.76 bits per heavy atom. The lowest BCUT2D eigenvalue weighted by atomic mass is 10.2. The van der Waals surface area contributed by atoms with Gasteiger partial charge in [-0.05, 0) is 19.9 Å². The van der Waals surface area contributed by atoms with E-state index in [0.29, 0.717) is 27.9 Å². The molecule has 0 saturated heterocycles. The molecular formula is C14H15N5OS. The van der Waals surface area contributed by atoms with Crippen LogP contribution in [0.15, 0.2) is 18.5 Å². The maximum atomic E-state index is 12.4.